The van der Waals surface area contributed by atoms with Crippen molar-refractivity contribution in [3.05, 3.63) is 48.0 Å². The Balaban J connectivity index is 1.38. The molecule has 1 aliphatic rings. The molecule has 5 nitrogen and oxygen atoms in total. The zero-order valence-electron chi connectivity index (χ0n) is 15.8. The van der Waals surface area contributed by atoms with E-state index < -0.39 is 0 Å². The molecule has 0 unspecified atom stereocenters. The molecule has 4 rings (SSSR count). The van der Waals surface area contributed by atoms with E-state index in [1.165, 1.54) is 21.8 Å². The predicted octanol–water partition coefficient (Wildman–Crippen LogP) is 2.45. The minimum atomic E-state index is -0.153. The van der Waals surface area contributed by atoms with Crippen molar-refractivity contribution in [1.82, 2.24) is 14.8 Å². The van der Waals surface area contributed by atoms with Gasteiger partial charge < -0.3 is 19.9 Å². The summed E-state index contributed by atoms with van der Waals surface area (Å²) in [6.07, 6.45) is 1.91. The van der Waals surface area contributed by atoms with Gasteiger partial charge in [-0.25, -0.2) is 0 Å². The molecule has 27 heavy (non-hydrogen) atoms. The Kier molecular flexibility index (Phi) is 5.14. The Morgan fingerprint density at radius 3 is 2.67 bits per heavy atom. The number of carbonyl (C=O) groups excluding carboxylic acids is 1. The number of likely N-dealkylation sites (tertiary alicyclic amines) is 1. The molecule has 3 aromatic rings. The third-order valence-electron chi connectivity index (χ3n) is 5.65. The van der Waals surface area contributed by atoms with Gasteiger partial charge in [0.1, 0.15) is 0 Å². The van der Waals surface area contributed by atoms with E-state index >= 15 is 0 Å². The normalized spacial score (nSPS) is 16.2. The molecule has 1 amide bonds. The first kappa shape index (κ1) is 18.0. The van der Waals surface area contributed by atoms with Crippen LogP contribution in [-0.2, 0) is 18.3 Å². The van der Waals surface area contributed by atoms with Crippen LogP contribution < -0.4 is 5.32 Å². The number of aliphatic hydroxyl groups is 1. The number of nitrogens with one attached hydrogen (secondary N) is 1. The number of aryl methyl sites for hydroxylation is 1. The molecule has 0 aliphatic carbocycles. The molecular weight excluding hydrogens is 338 g/mol. The van der Waals surface area contributed by atoms with Gasteiger partial charge in [0.05, 0.1) is 12.5 Å². The lowest BCUT2D eigenvalue weighted by Gasteiger charge is -2.29. The molecule has 0 spiro atoms. The zero-order valence-corrected chi connectivity index (χ0v) is 15.8. The SMILES string of the molecule is Cn1c2ccccc2c2cc(CC(=O)NCCN3CCC(O)CC3)ccc21. The largest absolute Gasteiger partial charge is 0.393 e. The summed E-state index contributed by atoms with van der Waals surface area (Å²) in [5.41, 5.74) is 3.44. The highest BCUT2D eigenvalue weighted by molar-refractivity contribution is 6.08. The number of amides is 1. The second-order valence-electron chi connectivity index (χ2n) is 7.53. The number of benzene rings is 2. The van der Waals surface area contributed by atoms with Crippen LogP contribution in [0.4, 0.5) is 0 Å². The van der Waals surface area contributed by atoms with E-state index in [-0.39, 0.29) is 12.0 Å². The Bertz CT molecular complexity index is 955. The fourth-order valence-corrected chi connectivity index (χ4v) is 4.07. The van der Waals surface area contributed by atoms with E-state index in [9.17, 15) is 9.90 Å². The number of aliphatic hydroxyl groups excluding tert-OH is 1. The third-order valence-corrected chi connectivity index (χ3v) is 5.65. The maximum Gasteiger partial charge on any atom is 0.224 e. The highest BCUT2D eigenvalue weighted by Gasteiger charge is 2.16. The van der Waals surface area contributed by atoms with Crippen LogP contribution in [0.25, 0.3) is 21.8 Å². The monoisotopic (exact) mass is 365 g/mol. The molecule has 0 bridgehead atoms. The maximum atomic E-state index is 12.3. The Hall–Kier alpha value is -2.37. The van der Waals surface area contributed by atoms with Gasteiger partial charge in [-0.1, -0.05) is 24.3 Å². The van der Waals surface area contributed by atoms with Gasteiger partial charge in [0.2, 0.25) is 5.91 Å². The Morgan fingerprint density at radius 2 is 1.85 bits per heavy atom. The summed E-state index contributed by atoms with van der Waals surface area (Å²) >= 11 is 0. The minimum Gasteiger partial charge on any atom is -0.393 e. The number of piperidine rings is 1. The number of para-hydroxylation sites is 1. The highest BCUT2D eigenvalue weighted by atomic mass is 16.3. The van der Waals surface area contributed by atoms with Crippen LogP contribution in [0.3, 0.4) is 0 Å². The summed E-state index contributed by atoms with van der Waals surface area (Å²) in [5.74, 6) is 0.0617. The van der Waals surface area contributed by atoms with E-state index in [0.717, 1.165) is 38.0 Å². The van der Waals surface area contributed by atoms with Crippen LogP contribution in [0, 0.1) is 0 Å². The number of nitrogens with zero attached hydrogens (tertiary/aromatic N) is 2. The lowest BCUT2D eigenvalue weighted by atomic mass is 10.1. The lowest BCUT2D eigenvalue weighted by Crippen LogP contribution is -2.41. The summed E-state index contributed by atoms with van der Waals surface area (Å²) in [6.45, 7) is 3.33. The van der Waals surface area contributed by atoms with Crippen molar-refractivity contribution in [1.29, 1.82) is 0 Å². The first-order chi connectivity index (χ1) is 13.1. The van der Waals surface area contributed by atoms with Gasteiger partial charge in [-0.05, 0) is 36.6 Å². The first-order valence-electron chi connectivity index (χ1n) is 9.75. The average Bonchev–Trinajstić information content (AvgIpc) is 2.96. The van der Waals surface area contributed by atoms with Gasteiger partial charge in [-0.3, -0.25) is 4.79 Å². The van der Waals surface area contributed by atoms with Crippen LogP contribution in [-0.4, -0.2) is 52.8 Å². The van der Waals surface area contributed by atoms with Crippen LogP contribution in [0.2, 0.25) is 0 Å². The molecule has 0 saturated carbocycles. The number of fused-ring (bicyclic) bond motifs is 3. The standard InChI is InChI=1S/C22H27N3O2/c1-24-20-5-3-2-4-18(20)19-14-16(6-7-21(19)24)15-22(27)23-10-13-25-11-8-17(26)9-12-25/h2-7,14,17,26H,8-13,15H2,1H3,(H,23,27). The topological polar surface area (TPSA) is 57.5 Å². The van der Waals surface area contributed by atoms with E-state index in [1.54, 1.807) is 0 Å². The van der Waals surface area contributed by atoms with Crippen molar-refractivity contribution < 1.29 is 9.90 Å². The summed E-state index contributed by atoms with van der Waals surface area (Å²) in [6, 6.07) is 14.7. The second-order valence-corrected chi connectivity index (χ2v) is 7.53. The summed E-state index contributed by atoms with van der Waals surface area (Å²) < 4.78 is 2.20. The average molecular weight is 365 g/mol. The molecule has 0 atom stereocenters. The summed E-state index contributed by atoms with van der Waals surface area (Å²) in [5, 5.41) is 15.0. The maximum absolute atomic E-state index is 12.3. The zero-order chi connectivity index (χ0) is 18.8. The first-order valence-corrected chi connectivity index (χ1v) is 9.75. The van der Waals surface area contributed by atoms with Crippen LogP contribution >= 0.6 is 0 Å². The quantitative estimate of drug-likeness (QED) is 0.730. The van der Waals surface area contributed by atoms with Crippen molar-refractivity contribution in [2.24, 2.45) is 7.05 Å². The van der Waals surface area contributed by atoms with Crippen molar-refractivity contribution in [3.8, 4) is 0 Å². The molecule has 1 aromatic heterocycles. The molecule has 1 fully saturated rings. The summed E-state index contributed by atoms with van der Waals surface area (Å²) in [7, 11) is 2.08. The molecule has 1 aliphatic heterocycles. The minimum absolute atomic E-state index is 0.0617. The van der Waals surface area contributed by atoms with Crippen LogP contribution in [0.15, 0.2) is 42.5 Å². The molecule has 2 N–H and O–H groups in total. The van der Waals surface area contributed by atoms with Gasteiger partial charge in [0, 0.05) is 55.0 Å². The van der Waals surface area contributed by atoms with E-state index in [0.29, 0.717) is 13.0 Å². The lowest BCUT2D eigenvalue weighted by molar-refractivity contribution is -0.120. The third kappa shape index (κ3) is 3.84. The van der Waals surface area contributed by atoms with Gasteiger partial charge in [-0.2, -0.15) is 0 Å². The predicted molar refractivity (Wildman–Crippen MR) is 109 cm³/mol. The van der Waals surface area contributed by atoms with Crippen molar-refractivity contribution in [2.45, 2.75) is 25.4 Å². The fourth-order valence-electron chi connectivity index (χ4n) is 4.07. The van der Waals surface area contributed by atoms with E-state index in [4.69, 9.17) is 0 Å². The van der Waals surface area contributed by atoms with Gasteiger partial charge in [0.25, 0.3) is 0 Å². The van der Waals surface area contributed by atoms with Crippen LogP contribution in [0.1, 0.15) is 18.4 Å². The Morgan fingerprint density at radius 1 is 1.11 bits per heavy atom. The smallest absolute Gasteiger partial charge is 0.224 e. The molecule has 1 saturated heterocycles. The second kappa shape index (κ2) is 7.71. The van der Waals surface area contributed by atoms with Crippen molar-refractivity contribution >= 4 is 27.7 Å². The van der Waals surface area contributed by atoms with Crippen LogP contribution in [0.5, 0.6) is 0 Å². The number of hydrogen-bond acceptors (Lipinski definition) is 3. The van der Waals surface area contributed by atoms with Gasteiger partial charge in [0.15, 0.2) is 0 Å². The molecule has 5 heteroatoms. The Labute approximate surface area is 159 Å². The molecule has 2 heterocycles. The van der Waals surface area contributed by atoms with Gasteiger partial charge in [-0.15, -0.1) is 0 Å². The highest BCUT2D eigenvalue weighted by Crippen LogP contribution is 2.28. The summed E-state index contributed by atoms with van der Waals surface area (Å²) in [4.78, 5) is 14.6. The number of rotatable bonds is 5. The molecular formula is C22H27N3O2. The number of carbonyl (C=O) groups is 1. The van der Waals surface area contributed by atoms with Crippen molar-refractivity contribution in [2.75, 3.05) is 26.2 Å². The molecule has 0 radical (unpaired) electrons. The number of hydrogen-bond donors (Lipinski definition) is 2. The van der Waals surface area contributed by atoms with E-state index in [2.05, 4.69) is 58.2 Å². The van der Waals surface area contributed by atoms with Crippen molar-refractivity contribution in [3.63, 3.8) is 0 Å². The molecule has 142 valence electrons. The molecule has 2 aromatic carbocycles. The van der Waals surface area contributed by atoms with E-state index in [1.807, 2.05) is 6.07 Å². The fraction of sp³-hybridized carbons (Fsp3) is 0.409. The number of aromatic nitrogens is 1. The van der Waals surface area contributed by atoms with Gasteiger partial charge >= 0.3 is 0 Å².